The summed E-state index contributed by atoms with van der Waals surface area (Å²) in [5.41, 5.74) is 6.38. The van der Waals surface area contributed by atoms with E-state index in [1.807, 2.05) is 79.7 Å². The van der Waals surface area contributed by atoms with Crippen LogP contribution < -0.4 is 0 Å². The van der Waals surface area contributed by atoms with Crippen molar-refractivity contribution in [3.8, 4) is 22.4 Å². The lowest BCUT2D eigenvalue weighted by atomic mass is 9.89. The number of hydrogen-bond acceptors (Lipinski definition) is 2. The molecule has 0 atom stereocenters. The number of pyridine rings is 1. The Morgan fingerprint density at radius 2 is 1.41 bits per heavy atom. The minimum absolute atomic E-state index is 0.0291. The predicted molar refractivity (Wildman–Crippen MR) is 110 cm³/mol. The molecular weight excluding hydrogens is 330 g/mol. The molecule has 0 aliphatic heterocycles. The van der Waals surface area contributed by atoms with E-state index in [0.717, 1.165) is 27.9 Å². The zero-order chi connectivity index (χ0) is 18.6. The third kappa shape index (κ3) is 3.42. The Kier molecular flexibility index (Phi) is 4.63. The first kappa shape index (κ1) is 16.9. The summed E-state index contributed by atoms with van der Waals surface area (Å²) < 4.78 is 0. The molecule has 0 unspecified atom stereocenters. The van der Waals surface area contributed by atoms with E-state index in [1.165, 1.54) is 0 Å². The Hall–Kier alpha value is -3.52. The van der Waals surface area contributed by atoms with E-state index in [0.29, 0.717) is 11.1 Å². The van der Waals surface area contributed by atoms with Crippen molar-refractivity contribution in [3.05, 3.63) is 114 Å². The van der Waals surface area contributed by atoms with Gasteiger partial charge in [-0.25, -0.2) is 0 Å². The normalized spacial score (nSPS) is 10.6. The summed E-state index contributed by atoms with van der Waals surface area (Å²) in [6.45, 7) is 2.05. The van der Waals surface area contributed by atoms with Gasteiger partial charge in [0.2, 0.25) is 0 Å². The first-order valence-corrected chi connectivity index (χ1v) is 8.95. The van der Waals surface area contributed by atoms with Gasteiger partial charge in [0.15, 0.2) is 5.78 Å². The summed E-state index contributed by atoms with van der Waals surface area (Å²) in [5, 5.41) is 0. The third-order valence-corrected chi connectivity index (χ3v) is 4.61. The van der Waals surface area contributed by atoms with Crippen molar-refractivity contribution in [2.24, 2.45) is 0 Å². The molecule has 0 radical (unpaired) electrons. The molecule has 1 aromatic heterocycles. The van der Waals surface area contributed by atoms with Crippen molar-refractivity contribution in [2.45, 2.75) is 6.92 Å². The fourth-order valence-corrected chi connectivity index (χ4v) is 3.29. The maximum Gasteiger partial charge on any atom is 0.193 e. The molecule has 0 N–H and O–H groups in total. The molecular formula is C25H19NO. The highest BCUT2D eigenvalue weighted by atomic mass is 16.1. The number of carbonyl (C=O) groups excluding carboxylic acids is 1. The van der Waals surface area contributed by atoms with E-state index in [9.17, 15) is 4.79 Å². The van der Waals surface area contributed by atoms with Crippen molar-refractivity contribution < 1.29 is 4.79 Å². The first-order valence-electron chi connectivity index (χ1n) is 8.95. The summed E-state index contributed by atoms with van der Waals surface area (Å²) in [7, 11) is 0. The average molecular weight is 349 g/mol. The van der Waals surface area contributed by atoms with Crippen LogP contribution in [0.25, 0.3) is 22.4 Å². The van der Waals surface area contributed by atoms with Gasteiger partial charge in [-0.1, -0.05) is 84.4 Å². The van der Waals surface area contributed by atoms with Crippen LogP contribution in [0.2, 0.25) is 0 Å². The Balaban J connectivity index is 1.91. The number of rotatable bonds is 4. The van der Waals surface area contributed by atoms with Crippen LogP contribution in [0.4, 0.5) is 0 Å². The molecule has 4 aromatic rings. The minimum atomic E-state index is 0.0291. The fraction of sp³-hybridized carbons (Fsp3) is 0.0400. The lowest BCUT2D eigenvalue weighted by molar-refractivity contribution is 0.103. The smallest absolute Gasteiger partial charge is 0.193 e. The number of aryl methyl sites for hydroxylation is 1. The lowest BCUT2D eigenvalue weighted by Gasteiger charge is -2.14. The van der Waals surface area contributed by atoms with Gasteiger partial charge in [-0.3, -0.25) is 9.78 Å². The molecule has 4 rings (SSSR count). The second-order valence-electron chi connectivity index (χ2n) is 6.50. The highest BCUT2D eigenvalue weighted by molar-refractivity contribution is 6.13. The number of carbonyl (C=O) groups is 1. The van der Waals surface area contributed by atoms with Gasteiger partial charge in [-0.15, -0.1) is 0 Å². The van der Waals surface area contributed by atoms with Gasteiger partial charge in [0.25, 0.3) is 0 Å². The number of aromatic nitrogens is 1. The molecule has 0 bridgehead atoms. The molecule has 0 spiro atoms. The van der Waals surface area contributed by atoms with Crippen LogP contribution in [-0.4, -0.2) is 10.8 Å². The van der Waals surface area contributed by atoms with Gasteiger partial charge in [0.1, 0.15) is 0 Å². The molecule has 0 fully saturated rings. The topological polar surface area (TPSA) is 30.0 Å². The number of ketones is 1. The maximum atomic E-state index is 13.2. The summed E-state index contributed by atoms with van der Waals surface area (Å²) in [4.78, 5) is 17.7. The quantitative estimate of drug-likeness (QED) is 0.426. The largest absolute Gasteiger partial charge is 0.289 e. The molecule has 0 saturated carbocycles. The summed E-state index contributed by atoms with van der Waals surface area (Å²) in [6.07, 6.45) is 1.79. The van der Waals surface area contributed by atoms with Crippen molar-refractivity contribution >= 4 is 5.78 Å². The van der Waals surface area contributed by atoms with E-state index < -0.39 is 0 Å². The SMILES string of the molecule is Cc1ccc(C(=O)c2ccccc2)c(-c2ccccc2-c2ccccn2)c1. The first-order chi connectivity index (χ1) is 13.2. The van der Waals surface area contributed by atoms with Crippen LogP contribution in [0.3, 0.4) is 0 Å². The highest BCUT2D eigenvalue weighted by Crippen LogP contribution is 2.34. The van der Waals surface area contributed by atoms with Crippen molar-refractivity contribution in [2.75, 3.05) is 0 Å². The monoisotopic (exact) mass is 349 g/mol. The van der Waals surface area contributed by atoms with Crippen LogP contribution in [0, 0.1) is 6.92 Å². The second kappa shape index (κ2) is 7.38. The maximum absolute atomic E-state index is 13.2. The molecule has 0 amide bonds. The number of benzene rings is 3. The Bertz CT molecular complexity index is 1090. The van der Waals surface area contributed by atoms with E-state index in [4.69, 9.17) is 0 Å². The molecule has 2 heteroatoms. The van der Waals surface area contributed by atoms with Crippen LogP contribution in [-0.2, 0) is 0 Å². The lowest BCUT2D eigenvalue weighted by Crippen LogP contribution is -2.04. The van der Waals surface area contributed by atoms with Gasteiger partial charge in [-0.2, -0.15) is 0 Å². The van der Waals surface area contributed by atoms with E-state index in [1.54, 1.807) is 6.20 Å². The number of nitrogens with zero attached hydrogens (tertiary/aromatic N) is 1. The van der Waals surface area contributed by atoms with Crippen LogP contribution in [0.15, 0.2) is 97.2 Å². The van der Waals surface area contributed by atoms with E-state index in [2.05, 4.69) is 23.2 Å². The molecule has 27 heavy (non-hydrogen) atoms. The predicted octanol–water partition coefficient (Wildman–Crippen LogP) is 5.96. The number of hydrogen-bond donors (Lipinski definition) is 0. The van der Waals surface area contributed by atoms with Crippen molar-refractivity contribution in [3.63, 3.8) is 0 Å². The van der Waals surface area contributed by atoms with Gasteiger partial charge in [-0.05, 0) is 30.2 Å². The summed E-state index contributed by atoms with van der Waals surface area (Å²) in [6, 6.07) is 29.4. The molecule has 0 aliphatic rings. The fourth-order valence-electron chi connectivity index (χ4n) is 3.29. The van der Waals surface area contributed by atoms with Crippen molar-refractivity contribution in [1.82, 2.24) is 4.98 Å². The van der Waals surface area contributed by atoms with Gasteiger partial charge in [0, 0.05) is 22.9 Å². The standard InChI is InChI=1S/C25H19NO/c1-18-14-15-22(25(27)19-9-3-2-4-10-19)23(17-18)20-11-5-6-12-21(20)24-13-7-8-16-26-24/h2-17H,1H3. The Morgan fingerprint density at radius 3 is 2.15 bits per heavy atom. The molecule has 1 heterocycles. The zero-order valence-electron chi connectivity index (χ0n) is 15.1. The van der Waals surface area contributed by atoms with E-state index >= 15 is 0 Å². The van der Waals surface area contributed by atoms with Crippen LogP contribution in [0.1, 0.15) is 21.5 Å². The van der Waals surface area contributed by atoms with E-state index in [-0.39, 0.29) is 5.78 Å². The summed E-state index contributed by atoms with van der Waals surface area (Å²) >= 11 is 0. The third-order valence-electron chi connectivity index (χ3n) is 4.61. The van der Waals surface area contributed by atoms with Gasteiger partial charge < -0.3 is 0 Å². The van der Waals surface area contributed by atoms with Gasteiger partial charge >= 0.3 is 0 Å². The minimum Gasteiger partial charge on any atom is -0.289 e. The Morgan fingerprint density at radius 1 is 0.704 bits per heavy atom. The molecule has 3 aromatic carbocycles. The van der Waals surface area contributed by atoms with Crippen LogP contribution >= 0.6 is 0 Å². The average Bonchev–Trinajstić information content (AvgIpc) is 2.74. The molecule has 0 aliphatic carbocycles. The molecule has 0 saturated heterocycles. The highest BCUT2D eigenvalue weighted by Gasteiger charge is 2.17. The summed E-state index contributed by atoms with van der Waals surface area (Å²) in [5.74, 6) is 0.0291. The van der Waals surface area contributed by atoms with Crippen LogP contribution in [0.5, 0.6) is 0 Å². The zero-order valence-corrected chi connectivity index (χ0v) is 15.1. The van der Waals surface area contributed by atoms with Crippen molar-refractivity contribution in [1.29, 1.82) is 0 Å². The van der Waals surface area contributed by atoms with Gasteiger partial charge in [0.05, 0.1) is 5.69 Å². The Labute approximate surface area is 159 Å². The molecule has 130 valence electrons. The molecule has 2 nitrogen and oxygen atoms in total. The second-order valence-corrected chi connectivity index (χ2v) is 6.50.